The average molecular weight is 257 g/mol. The van der Waals surface area contributed by atoms with Gasteiger partial charge in [0.15, 0.2) is 0 Å². The third kappa shape index (κ3) is 3.10. The van der Waals surface area contributed by atoms with Crippen molar-refractivity contribution in [2.45, 2.75) is 13.3 Å². The fourth-order valence-corrected chi connectivity index (χ4v) is 2.08. The lowest BCUT2D eigenvalue weighted by Gasteiger charge is -2.08. The van der Waals surface area contributed by atoms with Gasteiger partial charge in [0.1, 0.15) is 0 Å². The third-order valence-electron chi connectivity index (χ3n) is 2.94. The molecule has 0 saturated heterocycles. The summed E-state index contributed by atoms with van der Waals surface area (Å²) in [6, 6.07) is 11.0. The zero-order valence-corrected chi connectivity index (χ0v) is 10.6. The lowest BCUT2D eigenvalue weighted by Crippen LogP contribution is -2.22. The molecule has 1 amide bonds. The monoisotopic (exact) mass is 257 g/mol. The number of carbonyl (C=O) groups is 2. The summed E-state index contributed by atoms with van der Waals surface area (Å²) >= 11 is 0. The second-order valence-corrected chi connectivity index (χ2v) is 4.40. The Balaban J connectivity index is 2.35. The smallest absolute Gasteiger partial charge is 0.336 e. The molecule has 0 aromatic heterocycles. The van der Waals surface area contributed by atoms with Crippen molar-refractivity contribution in [1.29, 1.82) is 0 Å². The fraction of sp³-hybridized carbons (Fsp3) is 0.200. The molecule has 0 aliphatic rings. The minimum absolute atomic E-state index is 0.0840. The van der Waals surface area contributed by atoms with Crippen LogP contribution in [0.15, 0.2) is 36.4 Å². The maximum atomic E-state index is 11.3. The number of carboxylic acids is 1. The molecule has 0 heterocycles. The van der Waals surface area contributed by atoms with E-state index in [-0.39, 0.29) is 5.91 Å². The number of carbonyl (C=O) groups excluding carboxylic acids is 1. The van der Waals surface area contributed by atoms with Crippen LogP contribution in [0, 0.1) is 0 Å². The second kappa shape index (κ2) is 5.52. The minimum atomic E-state index is -0.933. The van der Waals surface area contributed by atoms with E-state index in [1.165, 1.54) is 6.92 Å². The van der Waals surface area contributed by atoms with E-state index in [1.54, 1.807) is 12.1 Å². The molecule has 2 aromatic rings. The van der Waals surface area contributed by atoms with Crippen molar-refractivity contribution in [2.24, 2.45) is 0 Å². The van der Waals surface area contributed by atoms with Crippen LogP contribution in [0.3, 0.4) is 0 Å². The summed E-state index contributed by atoms with van der Waals surface area (Å²) in [4.78, 5) is 22.1. The number of hydrogen-bond donors (Lipinski definition) is 2. The highest BCUT2D eigenvalue weighted by Gasteiger charge is 2.10. The number of fused-ring (bicyclic) bond motifs is 1. The summed E-state index contributed by atoms with van der Waals surface area (Å²) in [6.07, 6.45) is 0.616. The molecule has 4 heteroatoms. The molecule has 0 fully saturated rings. The summed E-state index contributed by atoms with van der Waals surface area (Å²) in [6.45, 7) is 1.97. The second-order valence-electron chi connectivity index (χ2n) is 4.40. The van der Waals surface area contributed by atoms with Crippen LogP contribution < -0.4 is 5.32 Å². The van der Waals surface area contributed by atoms with E-state index in [4.69, 9.17) is 0 Å². The van der Waals surface area contributed by atoms with Crippen molar-refractivity contribution in [3.8, 4) is 0 Å². The number of hydrogen-bond acceptors (Lipinski definition) is 2. The first-order valence-electron chi connectivity index (χ1n) is 6.07. The molecule has 98 valence electrons. The Labute approximate surface area is 111 Å². The van der Waals surface area contributed by atoms with Crippen LogP contribution in [0.4, 0.5) is 0 Å². The Bertz CT molecular complexity index is 634. The first-order chi connectivity index (χ1) is 9.08. The number of rotatable bonds is 4. The summed E-state index contributed by atoms with van der Waals surface area (Å²) < 4.78 is 0. The molecule has 2 aromatic carbocycles. The van der Waals surface area contributed by atoms with Gasteiger partial charge in [0, 0.05) is 13.5 Å². The van der Waals surface area contributed by atoms with Gasteiger partial charge >= 0.3 is 5.97 Å². The molecule has 0 bridgehead atoms. The quantitative estimate of drug-likeness (QED) is 0.882. The van der Waals surface area contributed by atoms with Gasteiger partial charge in [-0.2, -0.15) is 0 Å². The zero-order valence-electron chi connectivity index (χ0n) is 10.6. The molecule has 19 heavy (non-hydrogen) atoms. The van der Waals surface area contributed by atoms with Crippen molar-refractivity contribution in [3.63, 3.8) is 0 Å². The van der Waals surface area contributed by atoms with Crippen LogP contribution in [0.25, 0.3) is 10.8 Å². The molecule has 0 atom stereocenters. The molecule has 0 saturated carbocycles. The molecule has 0 spiro atoms. The lowest BCUT2D eigenvalue weighted by molar-refractivity contribution is -0.118. The van der Waals surface area contributed by atoms with Gasteiger partial charge in [0.2, 0.25) is 5.91 Å². The molecular weight excluding hydrogens is 242 g/mol. The van der Waals surface area contributed by atoms with Gasteiger partial charge in [-0.1, -0.05) is 30.3 Å². The molecule has 0 unspecified atom stereocenters. The molecule has 4 nitrogen and oxygen atoms in total. The third-order valence-corrected chi connectivity index (χ3v) is 2.94. The van der Waals surface area contributed by atoms with Crippen molar-refractivity contribution in [3.05, 3.63) is 47.5 Å². The van der Waals surface area contributed by atoms with E-state index < -0.39 is 5.97 Å². The van der Waals surface area contributed by atoms with Crippen LogP contribution in [0.5, 0.6) is 0 Å². The maximum Gasteiger partial charge on any atom is 0.336 e. The molecule has 2 N–H and O–H groups in total. The number of carboxylic acid groups (broad SMARTS) is 1. The molecule has 0 radical (unpaired) electrons. The van der Waals surface area contributed by atoms with E-state index >= 15 is 0 Å². The lowest BCUT2D eigenvalue weighted by atomic mass is 9.99. The standard InChI is InChI=1S/C15H15NO3/c1-10(17)16-7-6-11-8-12-4-2-3-5-13(12)14(9-11)15(18)19/h2-5,8-9H,6-7H2,1H3,(H,16,17)(H,18,19). The first-order valence-corrected chi connectivity index (χ1v) is 6.07. The van der Waals surface area contributed by atoms with Gasteiger partial charge in [0.25, 0.3) is 0 Å². The Morgan fingerprint density at radius 2 is 1.95 bits per heavy atom. The summed E-state index contributed by atoms with van der Waals surface area (Å²) in [5.41, 5.74) is 1.21. The van der Waals surface area contributed by atoms with Gasteiger partial charge in [-0.25, -0.2) is 4.79 Å². The van der Waals surface area contributed by atoms with Gasteiger partial charge in [-0.05, 0) is 28.8 Å². The average Bonchev–Trinajstić information content (AvgIpc) is 2.37. The van der Waals surface area contributed by atoms with Gasteiger partial charge in [-0.3, -0.25) is 4.79 Å². The van der Waals surface area contributed by atoms with E-state index in [0.717, 1.165) is 16.3 Å². The fourth-order valence-electron chi connectivity index (χ4n) is 2.08. The number of amides is 1. The van der Waals surface area contributed by atoms with Crippen LogP contribution in [-0.2, 0) is 11.2 Å². The molecule has 0 aliphatic heterocycles. The van der Waals surface area contributed by atoms with Crippen LogP contribution in [0.2, 0.25) is 0 Å². The van der Waals surface area contributed by atoms with E-state index in [9.17, 15) is 14.7 Å². The van der Waals surface area contributed by atoms with Crippen molar-refractivity contribution in [1.82, 2.24) is 5.32 Å². The maximum absolute atomic E-state index is 11.3. The largest absolute Gasteiger partial charge is 0.478 e. The Morgan fingerprint density at radius 3 is 2.63 bits per heavy atom. The van der Waals surface area contributed by atoms with Crippen molar-refractivity contribution < 1.29 is 14.7 Å². The SMILES string of the molecule is CC(=O)NCCc1cc(C(=O)O)c2ccccc2c1. The van der Waals surface area contributed by atoms with Gasteiger partial charge in [-0.15, -0.1) is 0 Å². The van der Waals surface area contributed by atoms with Crippen LogP contribution in [-0.4, -0.2) is 23.5 Å². The topological polar surface area (TPSA) is 66.4 Å². The summed E-state index contributed by atoms with van der Waals surface area (Å²) in [7, 11) is 0. The normalized spacial score (nSPS) is 10.4. The molecular formula is C15H15NO3. The first kappa shape index (κ1) is 13.1. The number of aromatic carboxylic acids is 1. The van der Waals surface area contributed by atoms with Crippen molar-refractivity contribution >= 4 is 22.6 Å². The Morgan fingerprint density at radius 1 is 1.21 bits per heavy atom. The van der Waals surface area contributed by atoms with Crippen LogP contribution in [0.1, 0.15) is 22.8 Å². The highest BCUT2D eigenvalue weighted by Crippen LogP contribution is 2.21. The van der Waals surface area contributed by atoms with Crippen LogP contribution >= 0.6 is 0 Å². The van der Waals surface area contributed by atoms with E-state index in [0.29, 0.717) is 18.5 Å². The number of benzene rings is 2. The summed E-state index contributed by atoms with van der Waals surface area (Å²) in [5.74, 6) is -1.02. The zero-order chi connectivity index (χ0) is 13.8. The highest BCUT2D eigenvalue weighted by molar-refractivity contribution is 6.04. The summed E-state index contributed by atoms with van der Waals surface area (Å²) in [5, 5.41) is 13.6. The van der Waals surface area contributed by atoms with E-state index in [2.05, 4.69) is 5.32 Å². The Kier molecular flexibility index (Phi) is 3.80. The van der Waals surface area contributed by atoms with Crippen molar-refractivity contribution in [2.75, 3.05) is 6.54 Å². The predicted molar refractivity (Wildman–Crippen MR) is 73.3 cm³/mol. The number of nitrogens with one attached hydrogen (secondary N) is 1. The molecule has 2 rings (SSSR count). The molecule has 0 aliphatic carbocycles. The minimum Gasteiger partial charge on any atom is -0.478 e. The highest BCUT2D eigenvalue weighted by atomic mass is 16.4. The van der Waals surface area contributed by atoms with Gasteiger partial charge < -0.3 is 10.4 Å². The van der Waals surface area contributed by atoms with Gasteiger partial charge in [0.05, 0.1) is 5.56 Å². The Hall–Kier alpha value is -2.36. The van der Waals surface area contributed by atoms with E-state index in [1.807, 2.05) is 24.3 Å². The predicted octanol–water partition coefficient (Wildman–Crippen LogP) is 2.22.